The van der Waals surface area contributed by atoms with Crippen LogP contribution >= 0.6 is 0 Å². The van der Waals surface area contributed by atoms with Gasteiger partial charge in [0.2, 0.25) is 0 Å². The Morgan fingerprint density at radius 3 is 2.69 bits per heavy atom. The van der Waals surface area contributed by atoms with E-state index in [0.717, 1.165) is 25.7 Å². The topological polar surface area (TPSA) is 40.9 Å². The van der Waals surface area contributed by atoms with E-state index in [1.165, 1.54) is 0 Å². The van der Waals surface area contributed by atoms with E-state index in [9.17, 15) is 4.79 Å². The fraction of sp³-hybridized carbons (Fsp3) is 0.818. The van der Waals surface area contributed by atoms with Gasteiger partial charge in [-0.25, -0.2) is 0 Å². The third-order valence-electron chi connectivity index (χ3n) is 2.76. The maximum absolute atomic E-state index is 11.7. The first-order valence-corrected chi connectivity index (χ1v) is 5.05. The van der Waals surface area contributed by atoms with E-state index in [1.54, 1.807) is 0 Å². The van der Waals surface area contributed by atoms with Crippen molar-refractivity contribution in [1.29, 1.82) is 5.26 Å². The Bertz CT molecular complexity index is 239. The van der Waals surface area contributed by atoms with Crippen LogP contribution in [-0.2, 0) is 4.79 Å². The van der Waals surface area contributed by atoms with Crippen LogP contribution in [0.4, 0.5) is 0 Å². The van der Waals surface area contributed by atoms with Crippen LogP contribution in [0, 0.1) is 22.7 Å². The first kappa shape index (κ1) is 10.2. The summed E-state index contributed by atoms with van der Waals surface area (Å²) >= 11 is 0. The first-order valence-electron chi connectivity index (χ1n) is 5.05. The molecule has 2 heteroatoms. The predicted octanol–water partition coefficient (Wildman–Crippen LogP) is 2.69. The second-order valence-corrected chi connectivity index (χ2v) is 4.42. The van der Waals surface area contributed by atoms with Gasteiger partial charge in [-0.2, -0.15) is 5.26 Å². The molecule has 2 nitrogen and oxygen atoms in total. The van der Waals surface area contributed by atoms with Crippen molar-refractivity contribution in [1.82, 2.24) is 0 Å². The second-order valence-electron chi connectivity index (χ2n) is 4.42. The molecule has 0 aromatic heterocycles. The molecule has 1 saturated carbocycles. The summed E-state index contributed by atoms with van der Waals surface area (Å²) in [6, 6.07) is 2.25. The third-order valence-corrected chi connectivity index (χ3v) is 2.76. The standard InChI is InChI=1S/C11H17NO/c1-9(2)7-11(8-12)6-4-3-5-10(11)13/h9H,3-7H2,1-2H3. The van der Waals surface area contributed by atoms with E-state index >= 15 is 0 Å². The minimum absolute atomic E-state index is 0.176. The zero-order valence-corrected chi connectivity index (χ0v) is 8.47. The summed E-state index contributed by atoms with van der Waals surface area (Å²) < 4.78 is 0. The van der Waals surface area contributed by atoms with E-state index in [1.807, 2.05) is 0 Å². The second kappa shape index (κ2) is 3.91. The van der Waals surface area contributed by atoms with Gasteiger partial charge in [0.25, 0.3) is 0 Å². The summed E-state index contributed by atoms with van der Waals surface area (Å²) in [6.07, 6.45) is 4.13. The molecule has 72 valence electrons. The van der Waals surface area contributed by atoms with Crippen molar-refractivity contribution in [2.24, 2.45) is 11.3 Å². The highest BCUT2D eigenvalue weighted by molar-refractivity contribution is 5.88. The van der Waals surface area contributed by atoms with Crippen molar-refractivity contribution in [3.05, 3.63) is 0 Å². The number of ketones is 1. The number of nitriles is 1. The van der Waals surface area contributed by atoms with E-state index < -0.39 is 5.41 Å². The lowest BCUT2D eigenvalue weighted by molar-refractivity contribution is -0.128. The number of carbonyl (C=O) groups is 1. The zero-order chi connectivity index (χ0) is 9.90. The monoisotopic (exact) mass is 179 g/mol. The van der Waals surface area contributed by atoms with Crippen molar-refractivity contribution < 1.29 is 4.79 Å². The Morgan fingerprint density at radius 1 is 1.54 bits per heavy atom. The van der Waals surface area contributed by atoms with Crippen molar-refractivity contribution in [3.63, 3.8) is 0 Å². The van der Waals surface area contributed by atoms with Gasteiger partial charge in [-0.3, -0.25) is 4.79 Å². The molecule has 0 amide bonds. The molecule has 0 aromatic rings. The molecule has 0 radical (unpaired) electrons. The summed E-state index contributed by atoms with van der Waals surface area (Å²) in [5.41, 5.74) is -0.633. The Balaban J connectivity index is 2.78. The van der Waals surface area contributed by atoms with E-state index in [2.05, 4.69) is 19.9 Å². The molecule has 1 aliphatic carbocycles. The van der Waals surface area contributed by atoms with Crippen LogP contribution in [0.2, 0.25) is 0 Å². The average molecular weight is 179 g/mol. The smallest absolute Gasteiger partial charge is 0.153 e. The maximum Gasteiger partial charge on any atom is 0.153 e. The highest BCUT2D eigenvalue weighted by atomic mass is 16.1. The molecule has 13 heavy (non-hydrogen) atoms. The van der Waals surface area contributed by atoms with Gasteiger partial charge in [0.15, 0.2) is 5.78 Å². The van der Waals surface area contributed by atoms with Crippen LogP contribution in [-0.4, -0.2) is 5.78 Å². The number of nitrogens with zero attached hydrogens (tertiary/aromatic N) is 1. The fourth-order valence-corrected chi connectivity index (χ4v) is 2.17. The Morgan fingerprint density at radius 2 is 2.23 bits per heavy atom. The summed E-state index contributed by atoms with van der Waals surface area (Å²) in [5, 5.41) is 9.09. The summed E-state index contributed by atoms with van der Waals surface area (Å²) in [5.74, 6) is 0.608. The number of Topliss-reactive ketones (excluding diaryl/α,β-unsaturated/α-hetero) is 1. The van der Waals surface area contributed by atoms with Gasteiger partial charge in [-0.05, 0) is 25.2 Å². The van der Waals surface area contributed by atoms with Gasteiger partial charge >= 0.3 is 0 Å². The molecular formula is C11H17NO. The quantitative estimate of drug-likeness (QED) is 0.654. The van der Waals surface area contributed by atoms with E-state index in [4.69, 9.17) is 5.26 Å². The van der Waals surface area contributed by atoms with E-state index in [0.29, 0.717) is 12.3 Å². The molecule has 1 fully saturated rings. The first-order chi connectivity index (χ1) is 6.10. The number of rotatable bonds is 2. The molecule has 0 aliphatic heterocycles. The summed E-state index contributed by atoms with van der Waals surface area (Å²) in [6.45, 7) is 4.14. The minimum Gasteiger partial charge on any atom is -0.298 e. The van der Waals surface area contributed by atoms with Crippen LogP contribution in [0.3, 0.4) is 0 Å². The minimum atomic E-state index is -0.633. The molecular weight excluding hydrogens is 162 g/mol. The van der Waals surface area contributed by atoms with E-state index in [-0.39, 0.29) is 5.78 Å². The molecule has 1 aliphatic rings. The zero-order valence-electron chi connectivity index (χ0n) is 8.47. The number of hydrogen-bond donors (Lipinski definition) is 0. The maximum atomic E-state index is 11.7. The van der Waals surface area contributed by atoms with Gasteiger partial charge in [0.05, 0.1) is 6.07 Å². The molecule has 1 unspecified atom stereocenters. The highest BCUT2D eigenvalue weighted by Crippen LogP contribution is 2.37. The highest BCUT2D eigenvalue weighted by Gasteiger charge is 2.40. The predicted molar refractivity (Wildman–Crippen MR) is 51.0 cm³/mol. The SMILES string of the molecule is CC(C)CC1(C#N)CCCCC1=O. The molecule has 1 atom stereocenters. The molecule has 0 bridgehead atoms. The lowest BCUT2D eigenvalue weighted by Crippen LogP contribution is -2.34. The normalized spacial score (nSPS) is 28.9. The Labute approximate surface area is 79.9 Å². The molecule has 0 heterocycles. The van der Waals surface area contributed by atoms with Crippen LogP contribution in [0.15, 0.2) is 0 Å². The van der Waals surface area contributed by atoms with Crippen molar-refractivity contribution in [2.75, 3.05) is 0 Å². The lowest BCUT2D eigenvalue weighted by atomic mass is 9.69. The summed E-state index contributed by atoms with van der Waals surface area (Å²) in [7, 11) is 0. The molecule has 0 spiro atoms. The van der Waals surface area contributed by atoms with Crippen LogP contribution in [0.1, 0.15) is 46.0 Å². The van der Waals surface area contributed by atoms with Crippen LogP contribution in [0.25, 0.3) is 0 Å². The summed E-state index contributed by atoms with van der Waals surface area (Å²) in [4.78, 5) is 11.7. The molecule has 0 saturated heterocycles. The van der Waals surface area contributed by atoms with Crippen LogP contribution < -0.4 is 0 Å². The van der Waals surface area contributed by atoms with Gasteiger partial charge < -0.3 is 0 Å². The van der Waals surface area contributed by atoms with Gasteiger partial charge in [-0.15, -0.1) is 0 Å². The van der Waals surface area contributed by atoms with Gasteiger partial charge in [0.1, 0.15) is 5.41 Å². The van der Waals surface area contributed by atoms with Crippen molar-refractivity contribution in [3.8, 4) is 6.07 Å². The fourth-order valence-electron chi connectivity index (χ4n) is 2.17. The van der Waals surface area contributed by atoms with Crippen molar-refractivity contribution >= 4 is 5.78 Å². The van der Waals surface area contributed by atoms with Gasteiger partial charge in [0, 0.05) is 6.42 Å². The average Bonchev–Trinajstić information content (AvgIpc) is 2.08. The largest absolute Gasteiger partial charge is 0.298 e. The Hall–Kier alpha value is -0.840. The molecule has 1 rings (SSSR count). The number of carbonyl (C=O) groups excluding carboxylic acids is 1. The van der Waals surface area contributed by atoms with Crippen molar-refractivity contribution in [2.45, 2.75) is 46.0 Å². The van der Waals surface area contributed by atoms with Gasteiger partial charge in [-0.1, -0.05) is 20.3 Å². The molecule has 0 N–H and O–H groups in total. The molecule has 0 aromatic carbocycles. The number of hydrogen-bond acceptors (Lipinski definition) is 2. The lowest BCUT2D eigenvalue weighted by Gasteiger charge is -2.30. The Kier molecular flexibility index (Phi) is 3.08. The third kappa shape index (κ3) is 2.09. The van der Waals surface area contributed by atoms with Crippen LogP contribution in [0.5, 0.6) is 0 Å².